The van der Waals surface area contributed by atoms with Gasteiger partial charge in [0, 0.05) is 13.0 Å². The maximum atomic E-state index is 11.4. The highest BCUT2D eigenvalue weighted by Crippen LogP contribution is 2.34. The van der Waals surface area contributed by atoms with Gasteiger partial charge >= 0.3 is 0 Å². The van der Waals surface area contributed by atoms with E-state index in [2.05, 4.69) is 0 Å². The molecular weight excluding hydrogens is 275 g/mol. The van der Waals surface area contributed by atoms with E-state index in [0.717, 1.165) is 6.42 Å². The van der Waals surface area contributed by atoms with Crippen molar-refractivity contribution in [2.24, 2.45) is 0 Å². The van der Waals surface area contributed by atoms with Crippen molar-refractivity contribution in [3.63, 3.8) is 0 Å². The number of hydrogen-bond donors (Lipinski definition) is 0. The van der Waals surface area contributed by atoms with Crippen LogP contribution in [0.5, 0.6) is 5.75 Å². The standard InChI is InChI=1S/C13H14Cl2O3/c1-2-6-17-13-9(16)7-11(13)18-10-5-3-4-8(14)12(10)15/h3-5,11,13H,2,6-7H2,1H3. The zero-order chi connectivity index (χ0) is 13.1. The van der Waals surface area contributed by atoms with Gasteiger partial charge in [-0.2, -0.15) is 0 Å². The summed E-state index contributed by atoms with van der Waals surface area (Å²) in [6, 6.07) is 5.17. The SMILES string of the molecule is CCCOC1C(=O)CC1Oc1cccc(Cl)c1Cl. The summed E-state index contributed by atoms with van der Waals surface area (Å²) in [5.74, 6) is 0.568. The molecule has 0 bridgehead atoms. The van der Waals surface area contributed by atoms with E-state index >= 15 is 0 Å². The largest absolute Gasteiger partial charge is 0.485 e. The minimum Gasteiger partial charge on any atom is -0.485 e. The molecule has 1 aromatic carbocycles. The first-order valence-corrected chi connectivity index (χ1v) is 6.64. The zero-order valence-corrected chi connectivity index (χ0v) is 11.5. The van der Waals surface area contributed by atoms with Crippen molar-refractivity contribution in [3.8, 4) is 5.75 Å². The Kier molecular flexibility index (Phi) is 4.49. The van der Waals surface area contributed by atoms with E-state index in [9.17, 15) is 4.79 Å². The lowest BCUT2D eigenvalue weighted by Gasteiger charge is -2.34. The predicted octanol–water partition coefficient (Wildman–Crippen LogP) is 3.51. The van der Waals surface area contributed by atoms with Crippen molar-refractivity contribution in [1.82, 2.24) is 0 Å². The van der Waals surface area contributed by atoms with Crippen molar-refractivity contribution in [3.05, 3.63) is 28.2 Å². The maximum Gasteiger partial charge on any atom is 0.169 e. The average Bonchev–Trinajstić information content (AvgIpc) is 2.34. The molecule has 0 aromatic heterocycles. The Hall–Kier alpha value is -0.770. The highest BCUT2D eigenvalue weighted by molar-refractivity contribution is 6.42. The third-order valence-corrected chi connectivity index (χ3v) is 3.55. The molecule has 0 aliphatic heterocycles. The van der Waals surface area contributed by atoms with Crippen LogP contribution < -0.4 is 4.74 Å². The van der Waals surface area contributed by atoms with E-state index in [-0.39, 0.29) is 11.9 Å². The Morgan fingerprint density at radius 2 is 2.17 bits per heavy atom. The first-order valence-electron chi connectivity index (χ1n) is 5.88. The quantitative estimate of drug-likeness (QED) is 0.832. The van der Waals surface area contributed by atoms with E-state index in [0.29, 0.717) is 28.8 Å². The molecule has 0 saturated heterocycles. The van der Waals surface area contributed by atoms with E-state index in [1.807, 2.05) is 6.92 Å². The van der Waals surface area contributed by atoms with Crippen molar-refractivity contribution < 1.29 is 14.3 Å². The second-order valence-electron chi connectivity index (χ2n) is 4.17. The molecule has 0 heterocycles. The summed E-state index contributed by atoms with van der Waals surface area (Å²) in [5, 5.41) is 0.804. The van der Waals surface area contributed by atoms with Gasteiger partial charge in [0.25, 0.3) is 0 Å². The third-order valence-electron chi connectivity index (χ3n) is 2.75. The molecule has 0 radical (unpaired) electrons. The molecule has 2 rings (SSSR count). The molecule has 1 aliphatic carbocycles. The summed E-state index contributed by atoms with van der Waals surface area (Å²) in [6.45, 7) is 2.55. The fourth-order valence-electron chi connectivity index (χ4n) is 1.75. The van der Waals surface area contributed by atoms with Gasteiger partial charge in [-0.15, -0.1) is 0 Å². The van der Waals surface area contributed by atoms with E-state index in [1.165, 1.54) is 0 Å². The zero-order valence-electron chi connectivity index (χ0n) is 9.99. The minimum absolute atomic E-state index is 0.0756. The van der Waals surface area contributed by atoms with Gasteiger partial charge in [-0.1, -0.05) is 36.2 Å². The molecule has 1 aliphatic rings. The molecule has 18 heavy (non-hydrogen) atoms. The summed E-state index contributed by atoms with van der Waals surface area (Å²) >= 11 is 11.9. The number of carbonyl (C=O) groups is 1. The molecule has 1 aromatic rings. The number of hydrogen-bond acceptors (Lipinski definition) is 3. The predicted molar refractivity (Wildman–Crippen MR) is 70.5 cm³/mol. The van der Waals surface area contributed by atoms with Crippen LogP contribution in [0.1, 0.15) is 19.8 Å². The molecule has 3 nitrogen and oxygen atoms in total. The number of ether oxygens (including phenoxy) is 2. The number of Topliss-reactive ketones (excluding diaryl/α,β-unsaturated/α-hetero) is 1. The second kappa shape index (κ2) is 5.91. The lowest BCUT2D eigenvalue weighted by molar-refractivity contribution is -0.154. The fourth-order valence-corrected chi connectivity index (χ4v) is 2.09. The topological polar surface area (TPSA) is 35.5 Å². The number of benzene rings is 1. The van der Waals surface area contributed by atoms with Crippen LogP contribution in [0.3, 0.4) is 0 Å². The molecule has 98 valence electrons. The molecule has 2 unspecified atom stereocenters. The van der Waals surface area contributed by atoms with Gasteiger partial charge < -0.3 is 9.47 Å². The number of carbonyl (C=O) groups excluding carboxylic acids is 1. The maximum absolute atomic E-state index is 11.4. The van der Waals surface area contributed by atoms with E-state index < -0.39 is 6.10 Å². The highest BCUT2D eigenvalue weighted by Gasteiger charge is 2.42. The van der Waals surface area contributed by atoms with Crippen LogP contribution in [0.2, 0.25) is 10.0 Å². The number of ketones is 1. The van der Waals surface area contributed by atoms with E-state index in [4.69, 9.17) is 32.7 Å². The Labute approximate surface area is 116 Å². The van der Waals surface area contributed by atoms with Crippen molar-refractivity contribution in [2.75, 3.05) is 6.61 Å². The van der Waals surface area contributed by atoms with Gasteiger partial charge in [-0.25, -0.2) is 0 Å². The molecule has 2 atom stereocenters. The first kappa shape index (κ1) is 13.7. The normalized spacial score (nSPS) is 22.7. The molecule has 1 fully saturated rings. The summed E-state index contributed by atoms with van der Waals surface area (Å²) < 4.78 is 11.1. The Bertz CT molecular complexity index is 448. The minimum atomic E-state index is -0.472. The van der Waals surface area contributed by atoms with Gasteiger partial charge in [-0.05, 0) is 18.6 Å². The van der Waals surface area contributed by atoms with Crippen LogP contribution in [-0.2, 0) is 9.53 Å². The van der Waals surface area contributed by atoms with Gasteiger partial charge in [0.1, 0.15) is 16.9 Å². The number of rotatable bonds is 5. The summed E-state index contributed by atoms with van der Waals surface area (Å²) in [7, 11) is 0. The Morgan fingerprint density at radius 3 is 2.83 bits per heavy atom. The Morgan fingerprint density at radius 1 is 1.39 bits per heavy atom. The molecule has 0 N–H and O–H groups in total. The number of halogens is 2. The molecule has 0 amide bonds. The fraction of sp³-hybridized carbons (Fsp3) is 0.462. The van der Waals surface area contributed by atoms with Crippen molar-refractivity contribution >= 4 is 29.0 Å². The van der Waals surface area contributed by atoms with Crippen LogP contribution in [0.25, 0.3) is 0 Å². The molecule has 5 heteroatoms. The summed E-state index contributed by atoms with van der Waals surface area (Å²) in [4.78, 5) is 11.4. The first-order chi connectivity index (χ1) is 8.63. The van der Waals surface area contributed by atoms with Gasteiger partial charge in [0.05, 0.1) is 5.02 Å². The van der Waals surface area contributed by atoms with Crippen LogP contribution in [0, 0.1) is 0 Å². The lowest BCUT2D eigenvalue weighted by Crippen LogP contribution is -2.52. The monoisotopic (exact) mass is 288 g/mol. The smallest absolute Gasteiger partial charge is 0.169 e. The van der Waals surface area contributed by atoms with E-state index in [1.54, 1.807) is 18.2 Å². The van der Waals surface area contributed by atoms with Crippen LogP contribution in [0.15, 0.2) is 18.2 Å². The average molecular weight is 289 g/mol. The highest BCUT2D eigenvalue weighted by atomic mass is 35.5. The molecule has 1 saturated carbocycles. The van der Waals surface area contributed by atoms with Crippen molar-refractivity contribution in [2.45, 2.75) is 32.0 Å². The molecular formula is C13H14Cl2O3. The second-order valence-corrected chi connectivity index (χ2v) is 4.96. The van der Waals surface area contributed by atoms with Gasteiger partial charge in [-0.3, -0.25) is 4.79 Å². The van der Waals surface area contributed by atoms with Gasteiger partial charge in [0.15, 0.2) is 11.9 Å². The molecule has 0 spiro atoms. The van der Waals surface area contributed by atoms with Crippen LogP contribution in [0.4, 0.5) is 0 Å². The summed E-state index contributed by atoms with van der Waals surface area (Å²) in [5.41, 5.74) is 0. The van der Waals surface area contributed by atoms with Crippen molar-refractivity contribution in [1.29, 1.82) is 0 Å². The Balaban J connectivity index is 2.01. The summed E-state index contributed by atoms with van der Waals surface area (Å²) in [6.07, 6.45) is 0.492. The third kappa shape index (κ3) is 2.79. The lowest BCUT2D eigenvalue weighted by atomic mass is 9.90. The van der Waals surface area contributed by atoms with Gasteiger partial charge in [0.2, 0.25) is 0 Å². The van der Waals surface area contributed by atoms with Crippen LogP contribution in [-0.4, -0.2) is 24.6 Å². The van der Waals surface area contributed by atoms with Crippen LogP contribution >= 0.6 is 23.2 Å².